The third-order valence-corrected chi connectivity index (χ3v) is 5.49. The number of ether oxygens (including phenoxy) is 2. The predicted molar refractivity (Wildman–Crippen MR) is 105 cm³/mol. The minimum absolute atomic E-state index is 0.236. The summed E-state index contributed by atoms with van der Waals surface area (Å²) >= 11 is 0. The molecular formula is C22H22FN3O3. The highest BCUT2D eigenvalue weighted by atomic mass is 19.1. The Kier molecular flexibility index (Phi) is 5.47. The van der Waals surface area contributed by atoms with Gasteiger partial charge in [-0.3, -0.25) is 9.69 Å². The van der Waals surface area contributed by atoms with Crippen molar-refractivity contribution >= 4 is 5.91 Å². The standard InChI is InChI=1S/C22H22FN3O3/c23-19-10-16(11-20-18(19)5-7-28-20)15-3-1-14(2-4-15)9-17(12-24)26-6-8-29-21(13-26)22(25)27/h1-4,10-11,17,21H,5-9,13H2,(H2,25,27)/t17-,21-/m0/s1. The molecule has 1 amide bonds. The van der Waals surface area contributed by atoms with Crippen LogP contribution in [0, 0.1) is 17.1 Å². The van der Waals surface area contributed by atoms with Gasteiger partial charge in [0, 0.05) is 31.5 Å². The molecule has 0 aromatic heterocycles. The third kappa shape index (κ3) is 4.09. The molecule has 2 aromatic rings. The monoisotopic (exact) mass is 395 g/mol. The summed E-state index contributed by atoms with van der Waals surface area (Å²) in [6.07, 6.45) is 0.441. The van der Waals surface area contributed by atoms with Crippen LogP contribution >= 0.6 is 0 Å². The number of amides is 1. The predicted octanol–water partition coefficient (Wildman–Crippen LogP) is 2.05. The average Bonchev–Trinajstić information content (AvgIpc) is 3.22. The van der Waals surface area contributed by atoms with Crippen LogP contribution in [0.4, 0.5) is 4.39 Å². The van der Waals surface area contributed by atoms with Crippen LogP contribution in [0.25, 0.3) is 11.1 Å². The zero-order valence-electron chi connectivity index (χ0n) is 15.9. The summed E-state index contributed by atoms with van der Waals surface area (Å²) in [5.41, 5.74) is 8.61. The number of carbonyl (C=O) groups excluding carboxylic acids is 1. The van der Waals surface area contributed by atoms with Crippen LogP contribution in [0.15, 0.2) is 36.4 Å². The fraction of sp³-hybridized carbons (Fsp3) is 0.364. The number of nitrogens with two attached hydrogens (primary N) is 1. The van der Waals surface area contributed by atoms with E-state index in [1.54, 1.807) is 0 Å². The Morgan fingerprint density at radius 1 is 1.28 bits per heavy atom. The molecule has 2 aliphatic heterocycles. The van der Waals surface area contributed by atoms with E-state index in [9.17, 15) is 14.4 Å². The van der Waals surface area contributed by atoms with Gasteiger partial charge in [0.25, 0.3) is 0 Å². The topological polar surface area (TPSA) is 88.6 Å². The molecule has 2 atom stereocenters. The third-order valence-electron chi connectivity index (χ3n) is 5.49. The number of benzene rings is 2. The summed E-state index contributed by atoms with van der Waals surface area (Å²) in [5.74, 6) is -0.133. The summed E-state index contributed by atoms with van der Waals surface area (Å²) < 4.78 is 25.1. The van der Waals surface area contributed by atoms with Gasteiger partial charge >= 0.3 is 0 Å². The van der Waals surface area contributed by atoms with E-state index in [4.69, 9.17) is 15.2 Å². The Hall–Kier alpha value is -2.95. The van der Waals surface area contributed by atoms with Crippen molar-refractivity contribution in [2.75, 3.05) is 26.3 Å². The van der Waals surface area contributed by atoms with Gasteiger partial charge in [0.1, 0.15) is 23.7 Å². The van der Waals surface area contributed by atoms with E-state index < -0.39 is 12.0 Å². The van der Waals surface area contributed by atoms with Crippen LogP contribution in [0.1, 0.15) is 11.1 Å². The Morgan fingerprint density at radius 3 is 2.79 bits per heavy atom. The average molecular weight is 395 g/mol. The van der Waals surface area contributed by atoms with Crippen LogP contribution in [-0.4, -0.2) is 49.3 Å². The van der Waals surface area contributed by atoms with Gasteiger partial charge in [-0.05, 0) is 28.8 Å². The first-order valence-corrected chi connectivity index (χ1v) is 9.64. The minimum Gasteiger partial charge on any atom is -0.493 e. The maximum Gasteiger partial charge on any atom is 0.247 e. The smallest absolute Gasteiger partial charge is 0.247 e. The molecule has 2 N–H and O–H groups in total. The highest BCUT2D eigenvalue weighted by Crippen LogP contribution is 2.33. The van der Waals surface area contributed by atoms with E-state index >= 15 is 0 Å². The molecule has 0 bridgehead atoms. The van der Waals surface area contributed by atoms with Gasteiger partial charge in [0.05, 0.1) is 19.3 Å². The van der Waals surface area contributed by atoms with E-state index in [2.05, 4.69) is 6.07 Å². The molecule has 0 spiro atoms. The lowest BCUT2D eigenvalue weighted by Gasteiger charge is -2.34. The molecule has 2 aliphatic rings. The lowest BCUT2D eigenvalue weighted by Crippen LogP contribution is -2.52. The Labute approximate surface area is 168 Å². The number of hydrogen-bond donors (Lipinski definition) is 1. The largest absolute Gasteiger partial charge is 0.493 e. The minimum atomic E-state index is -0.682. The second-order valence-corrected chi connectivity index (χ2v) is 7.34. The van der Waals surface area contributed by atoms with Crippen molar-refractivity contribution in [1.29, 1.82) is 5.26 Å². The van der Waals surface area contributed by atoms with Crippen molar-refractivity contribution in [3.8, 4) is 22.9 Å². The molecule has 0 radical (unpaired) electrons. The van der Waals surface area contributed by atoms with Crippen LogP contribution in [0.3, 0.4) is 0 Å². The van der Waals surface area contributed by atoms with Crippen molar-refractivity contribution in [2.45, 2.75) is 25.0 Å². The van der Waals surface area contributed by atoms with Crippen molar-refractivity contribution in [3.05, 3.63) is 53.3 Å². The van der Waals surface area contributed by atoms with E-state index in [0.29, 0.717) is 50.5 Å². The van der Waals surface area contributed by atoms with Crippen molar-refractivity contribution in [3.63, 3.8) is 0 Å². The number of fused-ring (bicyclic) bond motifs is 1. The highest BCUT2D eigenvalue weighted by molar-refractivity contribution is 5.79. The van der Waals surface area contributed by atoms with Gasteiger partial charge in [0.2, 0.25) is 5.91 Å². The molecule has 0 saturated carbocycles. The number of primary amides is 1. The molecule has 7 heteroatoms. The molecule has 150 valence electrons. The maximum absolute atomic E-state index is 14.3. The zero-order valence-corrected chi connectivity index (χ0v) is 15.9. The lowest BCUT2D eigenvalue weighted by atomic mass is 9.98. The molecule has 4 rings (SSSR count). The molecule has 0 unspecified atom stereocenters. The van der Waals surface area contributed by atoms with Crippen molar-refractivity contribution < 1.29 is 18.7 Å². The van der Waals surface area contributed by atoms with E-state index in [-0.39, 0.29) is 11.9 Å². The van der Waals surface area contributed by atoms with Crippen molar-refractivity contribution in [2.24, 2.45) is 5.73 Å². The van der Waals surface area contributed by atoms with Gasteiger partial charge in [-0.25, -0.2) is 4.39 Å². The molecule has 6 nitrogen and oxygen atoms in total. The number of morpholine rings is 1. The summed E-state index contributed by atoms with van der Waals surface area (Å²) in [4.78, 5) is 13.3. The van der Waals surface area contributed by atoms with Gasteiger partial charge < -0.3 is 15.2 Å². The number of nitrogens with zero attached hydrogens (tertiary/aromatic N) is 2. The van der Waals surface area contributed by atoms with E-state index in [1.807, 2.05) is 35.2 Å². The first kappa shape index (κ1) is 19.4. The van der Waals surface area contributed by atoms with Crippen LogP contribution in [0.2, 0.25) is 0 Å². The zero-order chi connectivity index (χ0) is 20.4. The van der Waals surface area contributed by atoms with Crippen LogP contribution in [-0.2, 0) is 22.4 Å². The second-order valence-electron chi connectivity index (χ2n) is 7.34. The molecule has 1 saturated heterocycles. The lowest BCUT2D eigenvalue weighted by molar-refractivity contribution is -0.135. The first-order valence-electron chi connectivity index (χ1n) is 9.64. The number of carbonyl (C=O) groups is 1. The van der Waals surface area contributed by atoms with Gasteiger partial charge in [-0.2, -0.15) is 5.26 Å². The maximum atomic E-state index is 14.3. The molecule has 1 fully saturated rings. The molecule has 2 heterocycles. The van der Waals surface area contributed by atoms with E-state index in [1.165, 1.54) is 6.07 Å². The number of hydrogen-bond acceptors (Lipinski definition) is 5. The quantitative estimate of drug-likeness (QED) is 0.837. The van der Waals surface area contributed by atoms with Gasteiger partial charge in [-0.1, -0.05) is 24.3 Å². The first-order chi connectivity index (χ1) is 14.0. The summed E-state index contributed by atoms with van der Waals surface area (Å²) in [6, 6.07) is 13.1. The fourth-order valence-electron chi connectivity index (χ4n) is 3.85. The highest BCUT2D eigenvalue weighted by Gasteiger charge is 2.29. The summed E-state index contributed by atoms with van der Waals surface area (Å²) in [5, 5.41) is 9.61. The number of nitriles is 1. The SMILES string of the molecule is N#C[C@H](Cc1ccc(-c2cc(F)c3c(c2)OCC3)cc1)N1CCO[C@H](C(N)=O)C1. The van der Waals surface area contributed by atoms with Crippen molar-refractivity contribution in [1.82, 2.24) is 4.90 Å². The molecule has 2 aromatic carbocycles. The number of halogens is 1. The molecule has 29 heavy (non-hydrogen) atoms. The van der Waals surface area contributed by atoms with Gasteiger partial charge in [0.15, 0.2) is 0 Å². The summed E-state index contributed by atoms with van der Waals surface area (Å²) in [7, 11) is 0. The number of rotatable bonds is 5. The molecule has 0 aliphatic carbocycles. The van der Waals surface area contributed by atoms with Gasteiger partial charge in [-0.15, -0.1) is 0 Å². The molecular weight excluding hydrogens is 373 g/mol. The van der Waals surface area contributed by atoms with Crippen LogP contribution in [0.5, 0.6) is 5.75 Å². The Bertz CT molecular complexity index is 955. The Morgan fingerprint density at radius 2 is 2.07 bits per heavy atom. The summed E-state index contributed by atoms with van der Waals surface area (Å²) in [6.45, 7) is 1.79. The van der Waals surface area contributed by atoms with Crippen LogP contribution < -0.4 is 10.5 Å². The Balaban J connectivity index is 1.47. The van der Waals surface area contributed by atoms with E-state index in [0.717, 1.165) is 16.7 Å². The fourth-order valence-corrected chi connectivity index (χ4v) is 3.85. The second kappa shape index (κ2) is 8.19. The normalized spacial score (nSPS) is 19.8.